The Balaban J connectivity index is 1.86. The van der Waals surface area contributed by atoms with Gasteiger partial charge in [0, 0.05) is 40.0 Å². The van der Waals surface area contributed by atoms with Gasteiger partial charge in [-0.15, -0.1) is 11.3 Å². The predicted molar refractivity (Wildman–Crippen MR) is 113 cm³/mol. The Hall–Kier alpha value is -2.73. The summed E-state index contributed by atoms with van der Waals surface area (Å²) < 4.78 is 0. The van der Waals surface area contributed by atoms with E-state index in [0.717, 1.165) is 22.4 Å². The minimum absolute atomic E-state index is 0.205. The lowest BCUT2D eigenvalue weighted by Gasteiger charge is -2.11. The molecule has 0 fully saturated rings. The highest BCUT2D eigenvalue weighted by Gasteiger charge is 2.19. The number of pyridine rings is 1. The van der Waals surface area contributed by atoms with Gasteiger partial charge in [0.2, 0.25) is 0 Å². The number of hydrogen-bond acceptors (Lipinski definition) is 4. The van der Waals surface area contributed by atoms with E-state index in [0.29, 0.717) is 20.6 Å². The van der Waals surface area contributed by atoms with E-state index in [-0.39, 0.29) is 5.56 Å². The first-order chi connectivity index (χ1) is 13.5. The fraction of sp³-hybridized carbons (Fsp3) is 0. The van der Waals surface area contributed by atoms with Crippen LogP contribution in [0.2, 0.25) is 10.0 Å². The number of thiazole rings is 1. The molecule has 7 heteroatoms. The van der Waals surface area contributed by atoms with E-state index in [2.05, 4.69) is 4.98 Å². The third-order valence-corrected chi connectivity index (χ3v) is 5.81. The Morgan fingerprint density at radius 2 is 1.86 bits per heavy atom. The molecule has 0 aliphatic heterocycles. The quantitative estimate of drug-likeness (QED) is 0.402. The van der Waals surface area contributed by atoms with Crippen molar-refractivity contribution in [2.45, 2.75) is 0 Å². The fourth-order valence-electron chi connectivity index (χ4n) is 2.92. The van der Waals surface area contributed by atoms with Crippen molar-refractivity contribution >= 4 is 40.5 Å². The van der Waals surface area contributed by atoms with Gasteiger partial charge < -0.3 is 5.11 Å². The SMILES string of the molecule is O=C(O)c1cccc(-c2nc(-c3ccc(Cl)c(Cl)c3)cs2)c1-c1cccnc1. The summed E-state index contributed by atoms with van der Waals surface area (Å²) in [6.45, 7) is 0. The van der Waals surface area contributed by atoms with Gasteiger partial charge in [0.15, 0.2) is 0 Å². The molecule has 138 valence electrons. The van der Waals surface area contributed by atoms with Crippen molar-refractivity contribution in [1.82, 2.24) is 9.97 Å². The minimum atomic E-state index is -0.998. The van der Waals surface area contributed by atoms with E-state index >= 15 is 0 Å². The number of hydrogen-bond donors (Lipinski definition) is 1. The predicted octanol–water partition coefficient (Wildman–Crippen LogP) is 6.54. The van der Waals surface area contributed by atoms with E-state index in [4.69, 9.17) is 28.2 Å². The average molecular weight is 427 g/mol. The minimum Gasteiger partial charge on any atom is -0.478 e. The van der Waals surface area contributed by atoms with Crippen molar-refractivity contribution in [1.29, 1.82) is 0 Å². The highest BCUT2D eigenvalue weighted by Crippen LogP contribution is 2.38. The second-order valence-electron chi connectivity index (χ2n) is 5.94. The molecule has 4 aromatic rings. The zero-order valence-electron chi connectivity index (χ0n) is 14.3. The monoisotopic (exact) mass is 426 g/mol. The van der Waals surface area contributed by atoms with E-state index < -0.39 is 5.97 Å². The normalized spacial score (nSPS) is 10.8. The summed E-state index contributed by atoms with van der Waals surface area (Å²) in [4.78, 5) is 20.7. The van der Waals surface area contributed by atoms with E-state index in [1.807, 2.05) is 23.6 Å². The third-order valence-electron chi connectivity index (χ3n) is 4.20. The van der Waals surface area contributed by atoms with Gasteiger partial charge in [-0.05, 0) is 24.3 Å². The summed E-state index contributed by atoms with van der Waals surface area (Å²) in [5.74, 6) is -0.998. The van der Waals surface area contributed by atoms with E-state index in [1.165, 1.54) is 11.3 Å². The Morgan fingerprint density at radius 3 is 2.57 bits per heavy atom. The fourth-order valence-corrected chi connectivity index (χ4v) is 4.07. The molecule has 0 spiro atoms. The molecule has 0 bridgehead atoms. The molecule has 4 rings (SSSR count). The molecule has 0 atom stereocenters. The van der Waals surface area contributed by atoms with Crippen LogP contribution < -0.4 is 0 Å². The van der Waals surface area contributed by atoms with Gasteiger partial charge in [-0.25, -0.2) is 9.78 Å². The van der Waals surface area contributed by atoms with Gasteiger partial charge in [0.25, 0.3) is 0 Å². The van der Waals surface area contributed by atoms with Gasteiger partial charge in [-0.1, -0.05) is 47.5 Å². The van der Waals surface area contributed by atoms with E-state index in [1.54, 1.807) is 42.7 Å². The molecular formula is C21H12Cl2N2O2S. The van der Waals surface area contributed by atoms with Gasteiger partial charge >= 0.3 is 5.97 Å². The van der Waals surface area contributed by atoms with Crippen molar-refractivity contribution in [3.63, 3.8) is 0 Å². The maximum Gasteiger partial charge on any atom is 0.336 e. The van der Waals surface area contributed by atoms with Crippen molar-refractivity contribution in [3.05, 3.63) is 81.9 Å². The largest absolute Gasteiger partial charge is 0.478 e. The number of carboxylic acids is 1. The van der Waals surface area contributed by atoms with Crippen LogP contribution in [0.15, 0.2) is 66.3 Å². The Kier molecular flexibility index (Phi) is 5.13. The van der Waals surface area contributed by atoms with Crippen LogP contribution in [-0.2, 0) is 0 Å². The molecular weight excluding hydrogens is 415 g/mol. The Morgan fingerprint density at radius 1 is 1.00 bits per heavy atom. The van der Waals surface area contributed by atoms with E-state index in [9.17, 15) is 9.90 Å². The molecule has 0 unspecified atom stereocenters. The lowest BCUT2D eigenvalue weighted by atomic mass is 9.95. The summed E-state index contributed by atoms with van der Waals surface area (Å²) in [7, 11) is 0. The van der Waals surface area contributed by atoms with Crippen molar-refractivity contribution < 1.29 is 9.90 Å². The average Bonchev–Trinajstić information content (AvgIpc) is 3.20. The number of halogens is 2. The molecule has 0 aliphatic carbocycles. The van der Waals surface area contributed by atoms with Crippen molar-refractivity contribution in [2.24, 2.45) is 0 Å². The number of benzene rings is 2. The van der Waals surface area contributed by atoms with Crippen LogP contribution in [0.25, 0.3) is 33.0 Å². The van der Waals surface area contributed by atoms with Crippen LogP contribution in [0.5, 0.6) is 0 Å². The van der Waals surface area contributed by atoms with Crippen molar-refractivity contribution in [2.75, 3.05) is 0 Å². The number of carbonyl (C=O) groups is 1. The summed E-state index contributed by atoms with van der Waals surface area (Å²) in [5.41, 5.74) is 3.85. The van der Waals surface area contributed by atoms with Gasteiger partial charge in [0.05, 0.1) is 21.3 Å². The molecule has 1 N–H and O–H groups in total. The molecule has 0 radical (unpaired) electrons. The lowest BCUT2D eigenvalue weighted by molar-refractivity contribution is 0.0698. The third kappa shape index (κ3) is 3.52. The summed E-state index contributed by atoms with van der Waals surface area (Å²) in [6, 6.07) is 14.1. The number of nitrogens with zero attached hydrogens (tertiary/aromatic N) is 2. The Bertz CT molecular complexity index is 1180. The zero-order valence-corrected chi connectivity index (χ0v) is 16.6. The molecule has 2 aromatic carbocycles. The topological polar surface area (TPSA) is 63.1 Å². The van der Waals surface area contributed by atoms with Gasteiger partial charge in [-0.2, -0.15) is 0 Å². The molecule has 2 aromatic heterocycles. The second-order valence-corrected chi connectivity index (χ2v) is 7.61. The molecule has 0 saturated carbocycles. The number of carboxylic acid groups (broad SMARTS) is 1. The first-order valence-corrected chi connectivity index (χ1v) is 9.86. The van der Waals surface area contributed by atoms with Crippen LogP contribution in [-0.4, -0.2) is 21.0 Å². The molecule has 0 amide bonds. The molecule has 0 aliphatic rings. The smallest absolute Gasteiger partial charge is 0.336 e. The van der Waals surface area contributed by atoms with Crippen LogP contribution in [0.1, 0.15) is 10.4 Å². The van der Waals surface area contributed by atoms with Crippen molar-refractivity contribution in [3.8, 4) is 33.0 Å². The second kappa shape index (κ2) is 7.72. The number of rotatable bonds is 4. The molecule has 28 heavy (non-hydrogen) atoms. The summed E-state index contributed by atoms with van der Waals surface area (Å²) >= 11 is 13.5. The van der Waals surface area contributed by atoms with Gasteiger partial charge in [0.1, 0.15) is 5.01 Å². The highest BCUT2D eigenvalue weighted by molar-refractivity contribution is 7.13. The number of aromatic nitrogens is 2. The first kappa shape index (κ1) is 18.6. The first-order valence-electron chi connectivity index (χ1n) is 8.22. The van der Waals surface area contributed by atoms with Gasteiger partial charge in [-0.3, -0.25) is 4.98 Å². The van der Waals surface area contributed by atoms with Crippen LogP contribution >= 0.6 is 34.5 Å². The molecule has 0 saturated heterocycles. The van der Waals surface area contributed by atoms with Crippen LogP contribution in [0, 0.1) is 0 Å². The molecule has 2 heterocycles. The molecule has 4 nitrogen and oxygen atoms in total. The highest BCUT2D eigenvalue weighted by atomic mass is 35.5. The number of aromatic carboxylic acids is 1. The standard InChI is InChI=1S/C21H12Cl2N2O2S/c22-16-7-6-12(9-17(16)23)18-11-28-20(25-18)14-4-1-5-15(21(26)27)19(14)13-3-2-8-24-10-13/h1-11H,(H,26,27). The summed E-state index contributed by atoms with van der Waals surface area (Å²) in [5, 5.41) is 13.2. The van der Waals surface area contributed by atoms with Crippen LogP contribution in [0.4, 0.5) is 0 Å². The zero-order chi connectivity index (χ0) is 19.7. The lowest BCUT2D eigenvalue weighted by Crippen LogP contribution is -2.01. The summed E-state index contributed by atoms with van der Waals surface area (Å²) in [6.07, 6.45) is 3.30. The maximum absolute atomic E-state index is 11.8. The van der Waals surface area contributed by atoms with Crippen LogP contribution in [0.3, 0.4) is 0 Å². The maximum atomic E-state index is 11.8. The Labute approximate surface area is 175 Å².